The van der Waals surface area contributed by atoms with Crippen LogP contribution < -0.4 is 5.32 Å². The highest BCUT2D eigenvalue weighted by atomic mass is 32.2. The number of hydrogen-bond acceptors (Lipinski definition) is 5. The molecule has 2 fully saturated rings. The summed E-state index contributed by atoms with van der Waals surface area (Å²) in [7, 11) is -3.12. The van der Waals surface area contributed by atoms with Gasteiger partial charge in [-0.2, -0.15) is 4.31 Å². The van der Waals surface area contributed by atoms with E-state index >= 15 is 0 Å². The second-order valence-electron chi connectivity index (χ2n) is 10.3. The number of carbonyl (C=O) groups excluding carboxylic acids is 1. The number of likely N-dealkylation sites (tertiary alicyclic amines) is 1. The normalized spacial score (nSPS) is 20.3. The Bertz CT molecular complexity index is 1110. The van der Waals surface area contributed by atoms with Crippen LogP contribution in [0.15, 0.2) is 48.5 Å². The summed E-state index contributed by atoms with van der Waals surface area (Å²) in [6, 6.07) is 16.3. The summed E-state index contributed by atoms with van der Waals surface area (Å²) >= 11 is 0. The van der Waals surface area contributed by atoms with Crippen LogP contribution in [0.2, 0.25) is 0 Å². The summed E-state index contributed by atoms with van der Waals surface area (Å²) in [4.78, 5) is 17.6. The van der Waals surface area contributed by atoms with Gasteiger partial charge in [-0.05, 0) is 61.1 Å². The van der Waals surface area contributed by atoms with E-state index in [1.165, 1.54) is 31.5 Å². The Morgan fingerprint density at radius 3 is 2.31 bits per heavy atom. The smallest absolute Gasteiger partial charge is 0.251 e. The van der Waals surface area contributed by atoms with Gasteiger partial charge in [0.2, 0.25) is 10.0 Å². The Morgan fingerprint density at radius 1 is 0.917 bits per heavy atom. The minimum absolute atomic E-state index is 0.0814. The van der Waals surface area contributed by atoms with E-state index in [4.69, 9.17) is 0 Å². The van der Waals surface area contributed by atoms with Gasteiger partial charge in [0.25, 0.3) is 5.91 Å². The van der Waals surface area contributed by atoms with Crippen molar-refractivity contribution in [1.29, 1.82) is 0 Å². The van der Waals surface area contributed by atoms with Crippen molar-refractivity contribution in [1.82, 2.24) is 19.4 Å². The maximum Gasteiger partial charge on any atom is 0.251 e. The minimum atomic E-state index is -3.12. The van der Waals surface area contributed by atoms with Gasteiger partial charge in [-0.1, -0.05) is 43.3 Å². The highest BCUT2D eigenvalue weighted by Crippen LogP contribution is 2.18. The Labute approximate surface area is 216 Å². The number of rotatable bonds is 9. The highest BCUT2D eigenvalue weighted by molar-refractivity contribution is 7.89. The Kier molecular flexibility index (Phi) is 9.17. The largest absolute Gasteiger partial charge is 0.348 e. The van der Waals surface area contributed by atoms with Crippen molar-refractivity contribution in [3.8, 4) is 0 Å². The third-order valence-corrected chi connectivity index (χ3v) is 9.19. The molecule has 0 saturated carbocycles. The molecule has 2 aliphatic heterocycles. The van der Waals surface area contributed by atoms with Crippen LogP contribution in [0.25, 0.3) is 0 Å². The molecule has 0 aromatic heterocycles. The molecule has 0 aliphatic carbocycles. The van der Waals surface area contributed by atoms with Gasteiger partial charge in [0.1, 0.15) is 0 Å². The molecule has 2 aliphatic rings. The summed E-state index contributed by atoms with van der Waals surface area (Å²) in [6.07, 6.45) is 2.62. The maximum atomic E-state index is 12.8. The molecule has 1 N–H and O–H groups in total. The van der Waals surface area contributed by atoms with Gasteiger partial charge in [0.05, 0.1) is 5.75 Å². The fourth-order valence-electron chi connectivity index (χ4n) is 5.15. The van der Waals surface area contributed by atoms with Gasteiger partial charge in [0, 0.05) is 57.9 Å². The van der Waals surface area contributed by atoms with Crippen LogP contribution in [-0.2, 0) is 29.7 Å². The molecule has 8 heteroatoms. The number of piperidine rings is 1. The predicted molar refractivity (Wildman–Crippen MR) is 144 cm³/mol. The average molecular weight is 513 g/mol. The fraction of sp³-hybridized carbons (Fsp3) is 0.536. The topological polar surface area (TPSA) is 73.0 Å². The molecule has 2 aromatic rings. The van der Waals surface area contributed by atoms with Crippen molar-refractivity contribution < 1.29 is 13.2 Å². The molecule has 2 saturated heterocycles. The molecule has 0 spiro atoms. The summed E-state index contributed by atoms with van der Waals surface area (Å²) in [5.41, 5.74) is 4.12. The first-order chi connectivity index (χ1) is 17.3. The fourth-order valence-corrected chi connectivity index (χ4v) is 6.24. The number of sulfonamides is 1. The van der Waals surface area contributed by atoms with Crippen LogP contribution in [0.1, 0.15) is 53.7 Å². The highest BCUT2D eigenvalue weighted by Gasteiger charge is 2.25. The quantitative estimate of drug-likeness (QED) is 0.558. The van der Waals surface area contributed by atoms with E-state index in [2.05, 4.69) is 46.3 Å². The van der Waals surface area contributed by atoms with Crippen LogP contribution in [0, 0.1) is 5.92 Å². The molecule has 1 atom stereocenters. The lowest BCUT2D eigenvalue weighted by molar-refractivity contribution is 0.0950. The molecule has 196 valence electrons. The van der Waals surface area contributed by atoms with E-state index in [-0.39, 0.29) is 11.7 Å². The lowest BCUT2D eigenvalue weighted by Gasteiger charge is -2.33. The van der Waals surface area contributed by atoms with Gasteiger partial charge in [0.15, 0.2) is 0 Å². The van der Waals surface area contributed by atoms with Gasteiger partial charge < -0.3 is 5.32 Å². The van der Waals surface area contributed by atoms with Gasteiger partial charge in [-0.3, -0.25) is 14.6 Å². The number of piperazine rings is 1. The van der Waals surface area contributed by atoms with Gasteiger partial charge in [-0.15, -0.1) is 0 Å². The van der Waals surface area contributed by atoms with E-state index in [0.29, 0.717) is 44.8 Å². The molecular weight excluding hydrogens is 472 g/mol. The lowest BCUT2D eigenvalue weighted by Crippen LogP contribution is -2.48. The first-order valence-electron chi connectivity index (χ1n) is 13.2. The van der Waals surface area contributed by atoms with Crippen molar-refractivity contribution in [2.24, 2.45) is 5.92 Å². The van der Waals surface area contributed by atoms with Crippen LogP contribution in [-0.4, -0.2) is 73.5 Å². The molecule has 7 nitrogen and oxygen atoms in total. The first kappa shape index (κ1) is 26.8. The third-order valence-electron chi connectivity index (χ3n) is 7.31. The van der Waals surface area contributed by atoms with Crippen LogP contribution >= 0.6 is 0 Å². The number of nitrogens with one attached hydrogen (secondary N) is 1. The SMILES string of the molecule is CCS(=O)(=O)N1CCN(Cc2cccc(C(=O)NCc3ccc(CN4CCCC(C)C4)cc3)c2)CC1. The van der Waals surface area contributed by atoms with Crippen LogP contribution in [0.5, 0.6) is 0 Å². The molecular formula is C28H40N4O3S. The number of amides is 1. The number of carbonyl (C=O) groups is 1. The molecule has 2 heterocycles. The van der Waals surface area contributed by atoms with Crippen molar-refractivity contribution in [2.75, 3.05) is 45.0 Å². The number of benzene rings is 2. The summed E-state index contributed by atoms with van der Waals surface area (Å²) in [5.74, 6) is 0.843. The Hall–Kier alpha value is -2.26. The van der Waals surface area contributed by atoms with Crippen molar-refractivity contribution in [3.05, 3.63) is 70.8 Å². The molecule has 0 radical (unpaired) electrons. The van der Waals surface area contributed by atoms with E-state index in [1.807, 2.05) is 24.3 Å². The maximum absolute atomic E-state index is 12.8. The summed E-state index contributed by atoms with van der Waals surface area (Å²) in [5, 5.41) is 3.05. The second kappa shape index (κ2) is 12.3. The first-order valence-corrected chi connectivity index (χ1v) is 14.8. The van der Waals surface area contributed by atoms with E-state index in [9.17, 15) is 13.2 Å². The molecule has 1 unspecified atom stereocenters. The van der Waals surface area contributed by atoms with Crippen molar-refractivity contribution in [3.63, 3.8) is 0 Å². The Balaban J connectivity index is 1.25. The van der Waals surface area contributed by atoms with Crippen molar-refractivity contribution in [2.45, 2.75) is 46.3 Å². The lowest BCUT2D eigenvalue weighted by atomic mass is 9.99. The van der Waals surface area contributed by atoms with Crippen LogP contribution in [0.4, 0.5) is 0 Å². The zero-order chi connectivity index (χ0) is 25.5. The van der Waals surface area contributed by atoms with E-state index in [1.54, 1.807) is 11.2 Å². The van der Waals surface area contributed by atoms with E-state index in [0.717, 1.165) is 23.6 Å². The molecule has 1 amide bonds. The zero-order valence-corrected chi connectivity index (χ0v) is 22.5. The van der Waals surface area contributed by atoms with Crippen molar-refractivity contribution >= 4 is 15.9 Å². The van der Waals surface area contributed by atoms with Gasteiger partial charge >= 0.3 is 0 Å². The number of nitrogens with zero attached hydrogens (tertiary/aromatic N) is 3. The third kappa shape index (κ3) is 7.38. The molecule has 4 rings (SSSR count). The van der Waals surface area contributed by atoms with Gasteiger partial charge in [-0.25, -0.2) is 8.42 Å². The predicted octanol–water partition coefficient (Wildman–Crippen LogP) is 3.32. The number of hydrogen-bond donors (Lipinski definition) is 1. The summed E-state index contributed by atoms with van der Waals surface area (Å²) < 4.78 is 25.7. The molecule has 2 aromatic carbocycles. The van der Waals surface area contributed by atoms with E-state index < -0.39 is 10.0 Å². The monoisotopic (exact) mass is 512 g/mol. The molecule has 36 heavy (non-hydrogen) atoms. The average Bonchev–Trinajstić information content (AvgIpc) is 2.88. The molecule has 0 bridgehead atoms. The Morgan fingerprint density at radius 2 is 1.61 bits per heavy atom. The standard InChI is InChI=1S/C28H40N4O3S/c1-3-36(34,35)32-16-14-30(15-17-32)22-26-7-4-8-27(18-26)28(33)29-19-24-9-11-25(12-10-24)21-31-13-5-6-23(2)20-31/h4,7-12,18,23H,3,5-6,13-17,19-22H2,1-2H3,(H,29,33). The second-order valence-corrected chi connectivity index (χ2v) is 12.5. The zero-order valence-electron chi connectivity index (χ0n) is 21.7. The van der Waals surface area contributed by atoms with Crippen LogP contribution in [0.3, 0.4) is 0 Å². The minimum Gasteiger partial charge on any atom is -0.348 e. The summed E-state index contributed by atoms with van der Waals surface area (Å²) in [6.45, 7) is 11.0.